The highest BCUT2D eigenvalue weighted by Crippen LogP contribution is 2.24. The third-order valence-electron chi connectivity index (χ3n) is 2.94. The third kappa shape index (κ3) is 2.30. The Labute approximate surface area is 90.1 Å². The van der Waals surface area contributed by atoms with Crippen LogP contribution in [0.1, 0.15) is 24.5 Å². The van der Waals surface area contributed by atoms with Crippen LogP contribution in [0.3, 0.4) is 0 Å². The summed E-state index contributed by atoms with van der Waals surface area (Å²) in [5, 5.41) is 13.4. The summed E-state index contributed by atoms with van der Waals surface area (Å²) in [5.41, 5.74) is 0.954. The Morgan fingerprint density at radius 1 is 1.40 bits per heavy atom. The zero-order valence-electron chi connectivity index (χ0n) is 8.94. The third-order valence-corrected chi connectivity index (χ3v) is 2.94. The maximum atomic E-state index is 10.1. The minimum Gasteiger partial charge on any atom is -0.497 e. The first-order valence-electron chi connectivity index (χ1n) is 5.36. The van der Waals surface area contributed by atoms with Gasteiger partial charge in [-0.2, -0.15) is 0 Å². The largest absolute Gasteiger partial charge is 0.497 e. The van der Waals surface area contributed by atoms with Gasteiger partial charge in [0, 0.05) is 6.04 Å². The van der Waals surface area contributed by atoms with Gasteiger partial charge in [0.1, 0.15) is 5.75 Å². The Hall–Kier alpha value is -1.06. The topological polar surface area (TPSA) is 41.5 Å². The second-order valence-corrected chi connectivity index (χ2v) is 3.92. The van der Waals surface area contributed by atoms with E-state index in [9.17, 15) is 5.11 Å². The predicted octanol–water partition coefficient (Wildman–Crippen LogP) is 1.48. The maximum absolute atomic E-state index is 10.1. The molecule has 1 aromatic rings. The monoisotopic (exact) mass is 207 g/mol. The van der Waals surface area contributed by atoms with Crippen LogP contribution >= 0.6 is 0 Å². The van der Waals surface area contributed by atoms with E-state index in [0.717, 1.165) is 30.7 Å². The smallest absolute Gasteiger partial charge is 0.118 e. The summed E-state index contributed by atoms with van der Waals surface area (Å²) in [6.07, 6.45) is 1.80. The van der Waals surface area contributed by atoms with E-state index in [1.165, 1.54) is 0 Å². The highest BCUT2D eigenvalue weighted by Gasteiger charge is 2.23. The Kier molecular flexibility index (Phi) is 3.23. The number of methoxy groups -OCH3 is 1. The number of ether oxygens (including phenoxy) is 1. The van der Waals surface area contributed by atoms with Crippen molar-refractivity contribution in [3.63, 3.8) is 0 Å². The van der Waals surface area contributed by atoms with Crippen molar-refractivity contribution in [2.24, 2.45) is 0 Å². The Morgan fingerprint density at radius 3 is 2.67 bits per heavy atom. The second-order valence-electron chi connectivity index (χ2n) is 3.92. The molecule has 2 N–H and O–H groups in total. The van der Waals surface area contributed by atoms with Gasteiger partial charge < -0.3 is 15.2 Å². The van der Waals surface area contributed by atoms with Crippen LogP contribution < -0.4 is 10.1 Å². The van der Waals surface area contributed by atoms with E-state index >= 15 is 0 Å². The fourth-order valence-electron chi connectivity index (χ4n) is 2.01. The number of aliphatic hydroxyl groups is 1. The molecule has 0 unspecified atom stereocenters. The molecule has 3 heteroatoms. The van der Waals surface area contributed by atoms with Gasteiger partial charge in [-0.1, -0.05) is 12.1 Å². The lowest BCUT2D eigenvalue weighted by Crippen LogP contribution is -2.28. The summed E-state index contributed by atoms with van der Waals surface area (Å²) in [6, 6.07) is 7.81. The molecule has 1 fully saturated rings. The fraction of sp³-hybridized carbons (Fsp3) is 0.500. The van der Waals surface area contributed by atoms with E-state index in [2.05, 4.69) is 5.32 Å². The zero-order chi connectivity index (χ0) is 10.7. The minimum absolute atomic E-state index is 0.207. The lowest BCUT2D eigenvalue weighted by Gasteiger charge is -2.18. The first-order valence-corrected chi connectivity index (χ1v) is 5.36. The van der Waals surface area contributed by atoms with Crippen molar-refractivity contribution in [2.45, 2.75) is 25.0 Å². The fourth-order valence-corrected chi connectivity index (χ4v) is 2.01. The summed E-state index contributed by atoms with van der Waals surface area (Å²) in [6.45, 7) is 1.01. The van der Waals surface area contributed by atoms with E-state index in [1.807, 2.05) is 24.3 Å². The van der Waals surface area contributed by atoms with Crippen LogP contribution in [0.4, 0.5) is 0 Å². The van der Waals surface area contributed by atoms with Crippen molar-refractivity contribution in [3.05, 3.63) is 29.8 Å². The SMILES string of the molecule is COc1ccc([C@H](O)[C@@H]2CCCN2)cc1. The molecule has 3 nitrogen and oxygen atoms in total. The molecule has 1 saturated heterocycles. The average Bonchev–Trinajstić information content (AvgIpc) is 2.82. The molecule has 0 aromatic heterocycles. The molecule has 82 valence electrons. The number of rotatable bonds is 3. The van der Waals surface area contributed by atoms with Crippen molar-refractivity contribution in [1.82, 2.24) is 5.32 Å². The summed E-state index contributed by atoms with van der Waals surface area (Å²) >= 11 is 0. The summed E-state index contributed by atoms with van der Waals surface area (Å²) in [5.74, 6) is 0.824. The van der Waals surface area contributed by atoms with Crippen LogP contribution in [0.25, 0.3) is 0 Å². The molecule has 0 saturated carbocycles. The number of aliphatic hydroxyl groups excluding tert-OH is 1. The number of nitrogens with one attached hydrogen (secondary N) is 1. The molecular weight excluding hydrogens is 190 g/mol. The summed E-state index contributed by atoms with van der Waals surface area (Å²) in [7, 11) is 1.64. The molecule has 2 atom stereocenters. The van der Waals surface area contributed by atoms with Gasteiger partial charge in [0.2, 0.25) is 0 Å². The van der Waals surface area contributed by atoms with E-state index in [1.54, 1.807) is 7.11 Å². The molecule has 1 heterocycles. The van der Waals surface area contributed by atoms with Gasteiger partial charge in [-0.25, -0.2) is 0 Å². The molecule has 0 spiro atoms. The number of benzene rings is 1. The molecule has 2 rings (SSSR count). The molecule has 0 aliphatic carbocycles. The van der Waals surface area contributed by atoms with Crippen molar-refractivity contribution in [2.75, 3.05) is 13.7 Å². The zero-order valence-corrected chi connectivity index (χ0v) is 8.94. The van der Waals surface area contributed by atoms with Gasteiger partial charge in [0.25, 0.3) is 0 Å². The first-order chi connectivity index (χ1) is 7.31. The molecule has 1 aliphatic rings. The molecule has 1 aromatic carbocycles. The highest BCUT2D eigenvalue weighted by molar-refractivity contribution is 5.29. The lowest BCUT2D eigenvalue weighted by molar-refractivity contribution is 0.137. The van der Waals surface area contributed by atoms with Gasteiger partial charge in [-0.15, -0.1) is 0 Å². The van der Waals surface area contributed by atoms with Gasteiger partial charge >= 0.3 is 0 Å². The summed E-state index contributed by atoms with van der Waals surface area (Å²) in [4.78, 5) is 0. The average molecular weight is 207 g/mol. The van der Waals surface area contributed by atoms with Gasteiger partial charge in [0.15, 0.2) is 0 Å². The van der Waals surface area contributed by atoms with Crippen LogP contribution in [-0.2, 0) is 0 Å². The van der Waals surface area contributed by atoms with Crippen LogP contribution in [0.15, 0.2) is 24.3 Å². The van der Waals surface area contributed by atoms with E-state index < -0.39 is 6.10 Å². The van der Waals surface area contributed by atoms with Crippen molar-refractivity contribution >= 4 is 0 Å². The first kappa shape index (κ1) is 10.5. The van der Waals surface area contributed by atoms with E-state index in [0.29, 0.717) is 0 Å². The van der Waals surface area contributed by atoms with Crippen LogP contribution in [0.2, 0.25) is 0 Å². The molecule has 0 bridgehead atoms. The van der Waals surface area contributed by atoms with Crippen LogP contribution in [-0.4, -0.2) is 24.8 Å². The normalized spacial score (nSPS) is 22.7. The number of hydrogen-bond acceptors (Lipinski definition) is 3. The van der Waals surface area contributed by atoms with Crippen molar-refractivity contribution < 1.29 is 9.84 Å². The molecule has 0 radical (unpaired) electrons. The Balaban J connectivity index is 2.07. The lowest BCUT2D eigenvalue weighted by atomic mass is 10.0. The Morgan fingerprint density at radius 2 is 2.13 bits per heavy atom. The van der Waals surface area contributed by atoms with Gasteiger partial charge in [-0.3, -0.25) is 0 Å². The maximum Gasteiger partial charge on any atom is 0.118 e. The molecule has 1 aliphatic heterocycles. The predicted molar refractivity (Wildman–Crippen MR) is 59.0 cm³/mol. The van der Waals surface area contributed by atoms with Crippen LogP contribution in [0.5, 0.6) is 5.75 Å². The van der Waals surface area contributed by atoms with Gasteiger partial charge in [0.05, 0.1) is 13.2 Å². The Bertz CT molecular complexity index is 304. The van der Waals surface area contributed by atoms with Crippen molar-refractivity contribution in [3.8, 4) is 5.75 Å². The van der Waals surface area contributed by atoms with Crippen LogP contribution in [0, 0.1) is 0 Å². The van der Waals surface area contributed by atoms with E-state index in [4.69, 9.17) is 4.74 Å². The van der Waals surface area contributed by atoms with E-state index in [-0.39, 0.29) is 6.04 Å². The number of hydrogen-bond donors (Lipinski definition) is 2. The molecule has 0 amide bonds. The minimum atomic E-state index is -0.404. The van der Waals surface area contributed by atoms with Gasteiger partial charge in [-0.05, 0) is 37.1 Å². The second kappa shape index (κ2) is 4.64. The molecule has 15 heavy (non-hydrogen) atoms. The summed E-state index contributed by atoms with van der Waals surface area (Å²) < 4.78 is 5.08. The molecular formula is C12H17NO2. The highest BCUT2D eigenvalue weighted by atomic mass is 16.5. The quantitative estimate of drug-likeness (QED) is 0.789. The van der Waals surface area contributed by atoms with Crippen molar-refractivity contribution in [1.29, 1.82) is 0 Å². The standard InChI is InChI=1S/C12H17NO2/c1-15-10-6-4-9(5-7-10)12(14)11-3-2-8-13-11/h4-7,11-14H,2-3,8H2,1H3/t11-,12-/m0/s1.